The molecule has 0 unspecified atom stereocenters. The first-order valence-electron chi connectivity index (χ1n) is 5.22. The molecular weight excluding hydrogens is 236 g/mol. The molecule has 2 N–H and O–H groups in total. The van der Waals surface area contributed by atoms with Crippen molar-refractivity contribution in [3.05, 3.63) is 40.7 Å². The van der Waals surface area contributed by atoms with Gasteiger partial charge in [-0.2, -0.15) is 5.10 Å². The zero-order valence-electron chi connectivity index (χ0n) is 9.74. The maximum absolute atomic E-state index is 10.7. The van der Waals surface area contributed by atoms with Gasteiger partial charge in [0.1, 0.15) is 12.5 Å². The first-order chi connectivity index (χ1) is 8.61. The highest BCUT2D eigenvalue weighted by atomic mass is 16.6. The summed E-state index contributed by atoms with van der Waals surface area (Å²) in [7, 11) is 1.79. The van der Waals surface area contributed by atoms with Crippen molar-refractivity contribution in [2.45, 2.75) is 0 Å². The van der Waals surface area contributed by atoms with Gasteiger partial charge in [0.25, 0.3) is 5.69 Å². The van der Waals surface area contributed by atoms with Crippen LogP contribution in [0.1, 0.15) is 0 Å². The van der Waals surface area contributed by atoms with Gasteiger partial charge in [-0.1, -0.05) is 0 Å². The molecule has 0 bridgehead atoms. The summed E-state index contributed by atoms with van der Waals surface area (Å²) in [6.07, 6.45) is 3.45. The van der Waals surface area contributed by atoms with E-state index in [4.69, 9.17) is 10.5 Å². The summed E-state index contributed by atoms with van der Waals surface area (Å²) in [4.78, 5) is 10.2. The number of ether oxygens (including phenoxy) is 1. The number of nitrogens with zero attached hydrogens (tertiary/aromatic N) is 3. The number of benzene rings is 1. The second-order valence-electron chi connectivity index (χ2n) is 3.65. The fourth-order valence-electron chi connectivity index (χ4n) is 1.63. The van der Waals surface area contributed by atoms with E-state index < -0.39 is 4.92 Å². The van der Waals surface area contributed by atoms with Crippen LogP contribution in [-0.4, -0.2) is 21.4 Å². The van der Waals surface area contributed by atoms with Crippen molar-refractivity contribution < 1.29 is 9.66 Å². The summed E-state index contributed by atoms with van der Waals surface area (Å²) in [5.41, 5.74) is 6.83. The van der Waals surface area contributed by atoms with Crippen molar-refractivity contribution in [2.24, 2.45) is 12.8 Å². The van der Waals surface area contributed by atoms with E-state index in [0.717, 1.165) is 11.1 Å². The van der Waals surface area contributed by atoms with Gasteiger partial charge in [0, 0.05) is 30.4 Å². The molecular formula is C11H12N4O3. The highest BCUT2D eigenvalue weighted by molar-refractivity contribution is 5.71. The summed E-state index contributed by atoms with van der Waals surface area (Å²) in [5.74, 6) is 0.375. The third-order valence-corrected chi connectivity index (χ3v) is 2.43. The van der Waals surface area contributed by atoms with Gasteiger partial charge in [-0.25, -0.2) is 0 Å². The fourth-order valence-corrected chi connectivity index (χ4v) is 1.63. The van der Waals surface area contributed by atoms with Crippen LogP contribution in [0, 0.1) is 10.1 Å². The van der Waals surface area contributed by atoms with E-state index in [0.29, 0.717) is 5.75 Å². The third-order valence-electron chi connectivity index (χ3n) is 2.43. The van der Waals surface area contributed by atoms with Gasteiger partial charge in [0.05, 0.1) is 17.2 Å². The third kappa shape index (κ3) is 2.30. The lowest BCUT2D eigenvalue weighted by Crippen LogP contribution is -2.08. The Labute approximate surface area is 103 Å². The van der Waals surface area contributed by atoms with Crippen LogP contribution >= 0.6 is 0 Å². The molecule has 2 aromatic rings. The largest absolute Gasteiger partial charge is 0.478 e. The molecule has 1 heterocycles. The van der Waals surface area contributed by atoms with Gasteiger partial charge in [-0.15, -0.1) is 0 Å². The van der Waals surface area contributed by atoms with Gasteiger partial charge in [0.15, 0.2) is 0 Å². The number of hydrogen-bond acceptors (Lipinski definition) is 5. The summed E-state index contributed by atoms with van der Waals surface area (Å²) in [5, 5.41) is 14.8. The van der Waals surface area contributed by atoms with Crippen molar-refractivity contribution in [1.29, 1.82) is 0 Å². The van der Waals surface area contributed by atoms with Gasteiger partial charge >= 0.3 is 0 Å². The van der Waals surface area contributed by atoms with Crippen LogP contribution in [0.15, 0.2) is 30.6 Å². The predicted molar refractivity (Wildman–Crippen MR) is 65.0 cm³/mol. The number of aromatic nitrogens is 2. The molecule has 0 radical (unpaired) electrons. The van der Waals surface area contributed by atoms with E-state index in [-0.39, 0.29) is 12.4 Å². The molecule has 0 spiro atoms. The number of hydrogen-bond donors (Lipinski definition) is 1. The molecule has 0 saturated heterocycles. The molecule has 94 valence electrons. The van der Waals surface area contributed by atoms with Crippen molar-refractivity contribution in [1.82, 2.24) is 9.78 Å². The Bertz CT molecular complexity index is 579. The van der Waals surface area contributed by atoms with Gasteiger partial charge in [0.2, 0.25) is 0 Å². The van der Waals surface area contributed by atoms with Crippen LogP contribution in [-0.2, 0) is 7.05 Å². The Morgan fingerprint density at radius 2 is 2.33 bits per heavy atom. The highest BCUT2D eigenvalue weighted by Crippen LogP contribution is 2.32. The normalized spacial score (nSPS) is 10.3. The molecule has 0 aliphatic heterocycles. The molecule has 0 atom stereocenters. The van der Waals surface area contributed by atoms with Gasteiger partial charge in [-0.3, -0.25) is 20.5 Å². The summed E-state index contributed by atoms with van der Waals surface area (Å²) in [6, 6.07) is 4.40. The highest BCUT2D eigenvalue weighted by Gasteiger charge is 2.14. The molecule has 0 amide bonds. The smallest absolute Gasteiger partial charge is 0.273 e. The standard InChI is InChI=1S/C11H12N4O3/c1-14-6-8(5-13-14)10-3-2-9(15(16)17)4-11(10)18-7-12/h2-6H,7,12H2,1H3. The average molecular weight is 248 g/mol. The molecule has 1 aromatic carbocycles. The van der Waals surface area contributed by atoms with Crippen molar-refractivity contribution in [3.63, 3.8) is 0 Å². The van der Waals surface area contributed by atoms with E-state index in [1.165, 1.54) is 12.1 Å². The number of nitrogens with two attached hydrogens (primary N) is 1. The second kappa shape index (κ2) is 4.84. The maximum atomic E-state index is 10.7. The van der Waals surface area contributed by atoms with Crippen LogP contribution in [0.3, 0.4) is 0 Å². The molecule has 0 aliphatic rings. The SMILES string of the molecule is Cn1cc(-c2ccc([N+](=O)[O-])cc2OCN)cn1. The molecule has 18 heavy (non-hydrogen) atoms. The first kappa shape index (κ1) is 12.1. The Balaban J connectivity index is 2.49. The molecule has 7 heteroatoms. The Kier molecular flexibility index (Phi) is 3.24. The monoisotopic (exact) mass is 248 g/mol. The topological polar surface area (TPSA) is 96.2 Å². The van der Waals surface area contributed by atoms with E-state index in [1.54, 1.807) is 30.2 Å². The van der Waals surface area contributed by atoms with Crippen LogP contribution in [0.4, 0.5) is 5.69 Å². The number of nitro groups is 1. The zero-order chi connectivity index (χ0) is 13.1. The van der Waals surface area contributed by atoms with Crippen molar-refractivity contribution in [2.75, 3.05) is 6.73 Å². The minimum atomic E-state index is -0.476. The van der Waals surface area contributed by atoms with Crippen LogP contribution in [0.5, 0.6) is 5.75 Å². The van der Waals surface area contributed by atoms with E-state index in [2.05, 4.69) is 5.10 Å². The summed E-state index contributed by atoms with van der Waals surface area (Å²) >= 11 is 0. The first-order valence-corrected chi connectivity index (χ1v) is 5.22. The fraction of sp³-hybridized carbons (Fsp3) is 0.182. The summed E-state index contributed by atoms with van der Waals surface area (Å²) < 4.78 is 6.87. The van der Waals surface area contributed by atoms with Crippen molar-refractivity contribution >= 4 is 5.69 Å². The second-order valence-corrected chi connectivity index (χ2v) is 3.65. The maximum Gasteiger partial charge on any atom is 0.273 e. The van der Waals surface area contributed by atoms with E-state index in [9.17, 15) is 10.1 Å². The Hall–Kier alpha value is -2.41. The van der Waals surface area contributed by atoms with Crippen LogP contribution in [0.25, 0.3) is 11.1 Å². The van der Waals surface area contributed by atoms with E-state index >= 15 is 0 Å². The average Bonchev–Trinajstić information content (AvgIpc) is 2.76. The number of aryl methyl sites for hydroxylation is 1. The Morgan fingerprint density at radius 1 is 1.56 bits per heavy atom. The lowest BCUT2D eigenvalue weighted by atomic mass is 10.1. The lowest BCUT2D eigenvalue weighted by Gasteiger charge is -2.08. The van der Waals surface area contributed by atoms with E-state index in [1.807, 2.05) is 0 Å². The Morgan fingerprint density at radius 3 is 2.89 bits per heavy atom. The number of rotatable bonds is 4. The van der Waals surface area contributed by atoms with Crippen LogP contribution in [0.2, 0.25) is 0 Å². The number of non-ortho nitro benzene ring substituents is 1. The molecule has 2 rings (SSSR count). The number of nitro benzene ring substituents is 1. The molecule has 0 aliphatic carbocycles. The minimum Gasteiger partial charge on any atom is -0.478 e. The van der Waals surface area contributed by atoms with Gasteiger partial charge in [-0.05, 0) is 6.07 Å². The molecule has 0 saturated carbocycles. The van der Waals surface area contributed by atoms with Crippen LogP contribution < -0.4 is 10.5 Å². The zero-order valence-corrected chi connectivity index (χ0v) is 9.74. The molecule has 1 aromatic heterocycles. The quantitative estimate of drug-likeness (QED) is 0.499. The predicted octanol–water partition coefficient (Wildman–Crippen LogP) is 1.29. The lowest BCUT2D eigenvalue weighted by molar-refractivity contribution is -0.384. The molecule has 7 nitrogen and oxygen atoms in total. The minimum absolute atomic E-state index is 0.0360. The van der Waals surface area contributed by atoms with Crippen molar-refractivity contribution in [3.8, 4) is 16.9 Å². The van der Waals surface area contributed by atoms with Gasteiger partial charge < -0.3 is 4.74 Å². The summed E-state index contributed by atoms with van der Waals surface area (Å²) in [6.45, 7) is -0.0472. The molecule has 0 fully saturated rings.